The average molecular weight is 405 g/mol. The average Bonchev–Trinajstić information content (AvgIpc) is 2.75. The maximum atomic E-state index is 13.0. The molecule has 3 aromatic rings. The molecule has 0 saturated carbocycles. The van der Waals surface area contributed by atoms with Gasteiger partial charge in [0.1, 0.15) is 0 Å². The van der Waals surface area contributed by atoms with Gasteiger partial charge in [0.25, 0.3) is 0 Å². The van der Waals surface area contributed by atoms with E-state index in [1.807, 2.05) is 42.5 Å². The molecule has 0 saturated heterocycles. The minimum Gasteiger partial charge on any atom is -0.353 e. The van der Waals surface area contributed by atoms with Crippen molar-refractivity contribution in [2.45, 2.75) is 19.4 Å². The normalized spacial score (nSPS) is 17.3. The van der Waals surface area contributed by atoms with E-state index in [1.54, 1.807) is 36.4 Å². The number of hydrogen-bond donors (Lipinski definition) is 1. The lowest BCUT2D eigenvalue weighted by Gasteiger charge is -2.35. The zero-order chi connectivity index (χ0) is 20.3. The first-order valence-corrected chi connectivity index (χ1v) is 10.5. The standard InChI is InChI=1S/C22H19N3O3S/c23-14-17-10-12-18(13-11-17)15-25-21-9-5-4-8-20(21)22(24-29(25,26)27)28-16-19-6-2-1-3-7-19/h1-13,22,24H,15-16H2. The van der Waals surface area contributed by atoms with Crippen LogP contribution in [0.2, 0.25) is 0 Å². The molecule has 1 aliphatic rings. The van der Waals surface area contributed by atoms with E-state index in [-0.39, 0.29) is 13.2 Å². The Kier molecular flexibility index (Phi) is 5.32. The molecule has 29 heavy (non-hydrogen) atoms. The van der Waals surface area contributed by atoms with E-state index in [2.05, 4.69) is 10.8 Å². The third-order valence-corrected chi connectivity index (χ3v) is 6.12. The fourth-order valence-corrected chi connectivity index (χ4v) is 4.56. The van der Waals surface area contributed by atoms with Crippen LogP contribution in [0.3, 0.4) is 0 Å². The van der Waals surface area contributed by atoms with Crippen molar-refractivity contribution in [2.75, 3.05) is 4.31 Å². The second kappa shape index (κ2) is 8.05. The van der Waals surface area contributed by atoms with Gasteiger partial charge < -0.3 is 4.74 Å². The van der Waals surface area contributed by atoms with E-state index in [9.17, 15) is 8.42 Å². The predicted molar refractivity (Wildman–Crippen MR) is 110 cm³/mol. The van der Waals surface area contributed by atoms with E-state index in [1.165, 1.54) is 4.31 Å². The number of nitriles is 1. The summed E-state index contributed by atoms with van der Waals surface area (Å²) in [7, 11) is -3.81. The first kappa shape index (κ1) is 19.2. The van der Waals surface area contributed by atoms with Crippen molar-refractivity contribution in [1.82, 2.24) is 4.72 Å². The van der Waals surface area contributed by atoms with Crippen LogP contribution in [-0.2, 0) is 28.1 Å². The zero-order valence-corrected chi connectivity index (χ0v) is 16.3. The summed E-state index contributed by atoms with van der Waals surface area (Å²) in [5.74, 6) is 0. The first-order chi connectivity index (χ1) is 14.1. The molecular formula is C22H19N3O3S. The summed E-state index contributed by atoms with van der Waals surface area (Å²) in [5.41, 5.74) is 3.61. The largest absolute Gasteiger partial charge is 0.353 e. The highest BCUT2D eigenvalue weighted by Gasteiger charge is 2.35. The molecule has 3 aromatic carbocycles. The van der Waals surface area contributed by atoms with Gasteiger partial charge in [0.15, 0.2) is 6.23 Å². The number of hydrogen-bond acceptors (Lipinski definition) is 4. The Hall–Kier alpha value is -3.18. The molecule has 1 aliphatic heterocycles. The van der Waals surface area contributed by atoms with Crippen molar-refractivity contribution in [3.63, 3.8) is 0 Å². The molecule has 0 aliphatic carbocycles. The summed E-state index contributed by atoms with van der Waals surface area (Å²) in [4.78, 5) is 0. The summed E-state index contributed by atoms with van der Waals surface area (Å²) < 4.78 is 35.8. The van der Waals surface area contributed by atoms with Gasteiger partial charge in [-0.2, -0.15) is 18.4 Å². The second-order valence-electron chi connectivity index (χ2n) is 6.67. The Morgan fingerprint density at radius 3 is 2.34 bits per heavy atom. The van der Waals surface area contributed by atoms with E-state index in [0.29, 0.717) is 11.3 Å². The minimum atomic E-state index is -3.81. The molecule has 7 heteroatoms. The lowest BCUT2D eigenvalue weighted by molar-refractivity contribution is 0.0312. The van der Waals surface area contributed by atoms with Gasteiger partial charge >= 0.3 is 10.2 Å². The Morgan fingerprint density at radius 1 is 0.931 bits per heavy atom. The quantitative estimate of drug-likeness (QED) is 0.703. The minimum absolute atomic E-state index is 0.156. The monoisotopic (exact) mass is 405 g/mol. The Morgan fingerprint density at radius 2 is 1.62 bits per heavy atom. The Labute approximate surface area is 170 Å². The number of fused-ring (bicyclic) bond motifs is 1. The Balaban J connectivity index is 1.62. The van der Waals surface area contributed by atoms with Gasteiger partial charge in [-0.05, 0) is 29.3 Å². The van der Waals surface area contributed by atoms with Crippen molar-refractivity contribution in [2.24, 2.45) is 0 Å². The van der Waals surface area contributed by atoms with Crippen LogP contribution < -0.4 is 9.03 Å². The van der Waals surface area contributed by atoms with Crippen LogP contribution in [0.25, 0.3) is 0 Å². The van der Waals surface area contributed by atoms with Crippen molar-refractivity contribution in [3.05, 3.63) is 101 Å². The van der Waals surface area contributed by atoms with Crippen LogP contribution in [-0.4, -0.2) is 8.42 Å². The van der Waals surface area contributed by atoms with E-state index in [0.717, 1.165) is 16.7 Å². The molecule has 0 spiro atoms. The first-order valence-electron chi connectivity index (χ1n) is 9.10. The number of nitrogens with zero attached hydrogens (tertiary/aromatic N) is 2. The van der Waals surface area contributed by atoms with Gasteiger partial charge in [-0.3, -0.25) is 4.31 Å². The lowest BCUT2D eigenvalue weighted by atomic mass is 10.1. The number of benzene rings is 3. The van der Waals surface area contributed by atoms with Gasteiger partial charge in [0, 0.05) is 5.56 Å². The summed E-state index contributed by atoms with van der Waals surface area (Å²) in [6.07, 6.45) is -0.770. The van der Waals surface area contributed by atoms with E-state index < -0.39 is 16.4 Å². The van der Waals surface area contributed by atoms with Gasteiger partial charge in [0.05, 0.1) is 30.5 Å². The third-order valence-electron chi connectivity index (χ3n) is 4.70. The molecule has 6 nitrogen and oxygen atoms in total. The van der Waals surface area contributed by atoms with E-state index in [4.69, 9.17) is 10.00 Å². The van der Waals surface area contributed by atoms with Gasteiger partial charge in [0.2, 0.25) is 0 Å². The highest BCUT2D eigenvalue weighted by Crippen LogP contribution is 2.35. The zero-order valence-electron chi connectivity index (χ0n) is 15.5. The van der Waals surface area contributed by atoms with Gasteiger partial charge in [-0.25, -0.2) is 0 Å². The molecule has 1 heterocycles. The topological polar surface area (TPSA) is 82.4 Å². The number of rotatable bonds is 5. The Bertz CT molecular complexity index is 1140. The van der Waals surface area contributed by atoms with Crippen molar-refractivity contribution < 1.29 is 13.2 Å². The van der Waals surface area contributed by atoms with Crippen LogP contribution in [0.15, 0.2) is 78.9 Å². The molecule has 4 rings (SSSR count). The smallest absolute Gasteiger partial charge is 0.304 e. The lowest BCUT2D eigenvalue weighted by Crippen LogP contribution is -2.47. The number of para-hydroxylation sites is 1. The fourth-order valence-electron chi connectivity index (χ4n) is 3.23. The van der Waals surface area contributed by atoms with Crippen molar-refractivity contribution >= 4 is 15.9 Å². The predicted octanol–water partition coefficient (Wildman–Crippen LogP) is 3.63. The molecule has 1 N–H and O–H groups in total. The molecule has 1 atom stereocenters. The summed E-state index contributed by atoms with van der Waals surface area (Å²) >= 11 is 0. The van der Waals surface area contributed by atoms with Crippen LogP contribution in [0.4, 0.5) is 5.69 Å². The maximum Gasteiger partial charge on any atom is 0.304 e. The molecule has 0 amide bonds. The van der Waals surface area contributed by atoms with Crippen LogP contribution in [0.1, 0.15) is 28.5 Å². The molecule has 0 radical (unpaired) electrons. The number of anilines is 1. The van der Waals surface area contributed by atoms with Crippen LogP contribution in [0, 0.1) is 11.3 Å². The molecule has 146 valence electrons. The summed E-state index contributed by atoms with van der Waals surface area (Å²) in [6.45, 7) is 0.446. The van der Waals surface area contributed by atoms with Crippen LogP contribution in [0.5, 0.6) is 0 Å². The highest BCUT2D eigenvalue weighted by molar-refractivity contribution is 7.90. The summed E-state index contributed by atoms with van der Waals surface area (Å²) in [6, 6.07) is 25.8. The van der Waals surface area contributed by atoms with Crippen molar-refractivity contribution in [1.29, 1.82) is 5.26 Å². The molecule has 0 aromatic heterocycles. The molecular weight excluding hydrogens is 386 g/mol. The third kappa shape index (κ3) is 4.15. The maximum absolute atomic E-state index is 13.0. The molecule has 1 unspecified atom stereocenters. The highest BCUT2D eigenvalue weighted by atomic mass is 32.2. The van der Waals surface area contributed by atoms with E-state index >= 15 is 0 Å². The van der Waals surface area contributed by atoms with Crippen molar-refractivity contribution in [3.8, 4) is 6.07 Å². The van der Waals surface area contributed by atoms with Gasteiger partial charge in [-0.1, -0.05) is 60.7 Å². The SMILES string of the molecule is N#Cc1ccc(CN2c3ccccc3C(OCc3ccccc3)NS2(=O)=O)cc1. The summed E-state index contributed by atoms with van der Waals surface area (Å²) in [5, 5.41) is 8.94. The van der Waals surface area contributed by atoms with Crippen LogP contribution >= 0.6 is 0 Å². The van der Waals surface area contributed by atoms with Gasteiger partial charge in [-0.15, -0.1) is 0 Å². The molecule has 0 bridgehead atoms. The number of ether oxygens (including phenoxy) is 1. The second-order valence-corrected chi connectivity index (χ2v) is 8.30. The number of nitrogens with one attached hydrogen (secondary N) is 1. The fraction of sp³-hybridized carbons (Fsp3) is 0.136. The molecule has 0 fully saturated rings.